The fourth-order valence-electron chi connectivity index (χ4n) is 4.63. The highest BCUT2D eigenvalue weighted by Gasteiger charge is 2.33. The van der Waals surface area contributed by atoms with E-state index >= 15 is 0 Å². The Balaban J connectivity index is 1.45. The van der Waals surface area contributed by atoms with Gasteiger partial charge in [0.1, 0.15) is 0 Å². The van der Waals surface area contributed by atoms with Gasteiger partial charge in [-0.25, -0.2) is 4.39 Å². The van der Waals surface area contributed by atoms with E-state index in [1.54, 1.807) is 4.90 Å². The molecule has 2 aliphatic heterocycles. The normalized spacial score (nSPS) is 25.8. The Labute approximate surface area is 144 Å². The van der Waals surface area contributed by atoms with Crippen LogP contribution in [0.5, 0.6) is 0 Å². The fraction of sp³-hybridized carbons (Fsp3) is 0.895. The molecule has 4 nitrogen and oxygen atoms in total. The summed E-state index contributed by atoms with van der Waals surface area (Å²) in [7, 11) is 0. The average Bonchev–Trinajstić information content (AvgIpc) is 2.62. The number of piperidine rings is 2. The van der Waals surface area contributed by atoms with E-state index in [4.69, 9.17) is 0 Å². The molecule has 2 saturated heterocycles. The molecule has 2 heterocycles. The van der Waals surface area contributed by atoms with Crippen molar-refractivity contribution in [2.75, 3.05) is 19.6 Å². The summed E-state index contributed by atoms with van der Waals surface area (Å²) >= 11 is 0. The van der Waals surface area contributed by atoms with E-state index < -0.39 is 6.17 Å². The fourth-order valence-corrected chi connectivity index (χ4v) is 4.63. The lowest BCUT2D eigenvalue weighted by Gasteiger charge is -2.40. The van der Waals surface area contributed by atoms with Gasteiger partial charge in [0.25, 0.3) is 5.91 Å². The standard InChI is InChI=1S/C19H31FN2O2/c20-17(14-15-6-2-1-3-7-15)19(24)21-12-9-16(10-13-21)22-11-5-4-8-18(22)23/h15-17H,1-14H2. The van der Waals surface area contributed by atoms with Gasteiger partial charge in [-0.15, -0.1) is 0 Å². The molecule has 1 saturated carbocycles. The number of hydrogen-bond acceptors (Lipinski definition) is 2. The number of nitrogens with zero attached hydrogens (tertiary/aromatic N) is 2. The van der Waals surface area contributed by atoms with E-state index in [0.29, 0.717) is 31.8 Å². The van der Waals surface area contributed by atoms with Gasteiger partial charge < -0.3 is 9.80 Å². The van der Waals surface area contributed by atoms with E-state index in [1.807, 2.05) is 4.90 Å². The van der Waals surface area contributed by atoms with Crippen LogP contribution >= 0.6 is 0 Å². The van der Waals surface area contributed by atoms with E-state index in [0.717, 1.165) is 45.1 Å². The molecule has 0 aromatic rings. The SMILES string of the molecule is O=C(C(F)CC1CCCCC1)N1CCC(N2CCCCC2=O)CC1. The molecule has 1 unspecified atom stereocenters. The van der Waals surface area contributed by atoms with E-state index in [9.17, 15) is 14.0 Å². The second kappa shape index (κ2) is 8.30. The third-order valence-corrected chi connectivity index (χ3v) is 6.11. The quantitative estimate of drug-likeness (QED) is 0.789. The summed E-state index contributed by atoms with van der Waals surface area (Å²) in [5.41, 5.74) is 0. The van der Waals surface area contributed by atoms with Gasteiger partial charge in [0.05, 0.1) is 0 Å². The first kappa shape index (κ1) is 17.7. The van der Waals surface area contributed by atoms with Crippen LogP contribution in [0.15, 0.2) is 0 Å². The molecule has 0 bridgehead atoms. The topological polar surface area (TPSA) is 40.6 Å². The van der Waals surface area contributed by atoms with E-state index in [1.165, 1.54) is 19.3 Å². The van der Waals surface area contributed by atoms with Gasteiger partial charge in [0.15, 0.2) is 6.17 Å². The first-order valence-electron chi connectivity index (χ1n) is 9.87. The van der Waals surface area contributed by atoms with Crippen molar-refractivity contribution in [1.29, 1.82) is 0 Å². The highest BCUT2D eigenvalue weighted by Crippen LogP contribution is 2.29. The Morgan fingerprint density at radius 2 is 1.71 bits per heavy atom. The molecule has 1 aliphatic carbocycles. The Hall–Kier alpha value is -1.13. The van der Waals surface area contributed by atoms with Crippen molar-refractivity contribution in [2.24, 2.45) is 5.92 Å². The van der Waals surface area contributed by atoms with Crippen molar-refractivity contribution >= 4 is 11.8 Å². The molecule has 24 heavy (non-hydrogen) atoms. The third-order valence-electron chi connectivity index (χ3n) is 6.11. The number of carbonyl (C=O) groups excluding carboxylic acids is 2. The summed E-state index contributed by atoms with van der Waals surface area (Å²) in [5, 5.41) is 0. The summed E-state index contributed by atoms with van der Waals surface area (Å²) in [6.45, 7) is 2.04. The number of halogens is 1. The highest BCUT2D eigenvalue weighted by atomic mass is 19.1. The molecule has 0 radical (unpaired) electrons. The van der Waals surface area contributed by atoms with Crippen LogP contribution in [-0.4, -0.2) is 53.5 Å². The minimum absolute atomic E-state index is 0.248. The van der Waals surface area contributed by atoms with Crippen molar-refractivity contribution in [3.63, 3.8) is 0 Å². The smallest absolute Gasteiger partial charge is 0.257 e. The summed E-state index contributed by atoms with van der Waals surface area (Å²) in [6, 6.07) is 0.248. The van der Waals surface area contributed by atoms with Crippen LogP contribution in [0.2, 0.25) is 0 Å². The van der Waals surface area contributed by atoms with Crippen LogP contribution in [0.3, 0.4) is 0 Å². The Morgan fingerprint density at radius 3 is 2.38 bits per heavy atom. The van der Waals surface area contributed by atoms with Crippen LogP contribution in [-0.2, 0) is 9.59 Å². The van der Waals surface area contributed by atoms with Crippen LogP contribution in [0.25, 0.3) is 0 Å². The third kappa shape index (κ3) is 4.28. The maximum absolute atomic E-state index is 14.4. The van der Waals surface area contributed by atoms with Crippen molar-refractivity contribution in [2.45, 2.75) is 82.8 Å². The zero-order valence-corrected chi connectivity index (χ0v) is 14.7. The minimum Gasteiger partial charge on any atom is -0.340 e. The predicted octanol–water partition coefficient (Wildman–Crippen LogP) is 3.30. The van der Waals surface area contributed by atoms with Crippen molar-refractivity contribution in [1.82, 2.24) is 9.80 Å². The number of alkyl halides is 1. The minimum atomic E-state index is -1.33. The number of carbonyl (C=O) groups is 2. The second-order valence-corrected chi connectivity index (χ2v) is 7.81. The first-order chi connectivity index (χ1) is 11.6. The van der Waals surface area contributed by atoms with E-state index in [-0.39, 0.29) is 17.9 Å². The van der Waals surface area contributed by atoms with Crippen LogP contribution in [0.4, 0.5) is 4.39 Å². The second-order valence-electron chi connectivity index (χ2n) is 7.81. The van der Waals surface area contributed by atoms with Gasteiger partial charge in [-0.05, 0) is 38.0 Å². The molecular weight excluding hydrogens is 307 g/mol. The van der Waals surface area contributed by atoms with Gasteiger partial charge >= 0.3 is 0 Å². The van der Waals surface area contributed by atoms with Gasteiger partial charge in [-0.1, -0.05) is 32.1 Å². The maximum atomic E-state index is 14.4. The molecule has 3 fully saturated rings. The molecule has 136 valence electrons. The number of amides is 2. The molecular formula is C19H31FN2O2. The van der Waals surface area contributed by atoms with Crippen LogP contribution < -0.4 is 0 Å². The lowest BCUT2D eigenvalue weighted by Crippen LogP contribution is -2.51. The molecule has 2 amide bonds. The molecule has 3 aliphatic rings. The molecule has 0 aromatic heterocycles. The highest BCUT2D eigenvalue weighted by molar-refractivity contribution is 5.81. The van der Waals surface area contributed by atoms with Gasteiger partial charge in [0.2, 0.25) is 5.91 Å². The van der Waals surface area contributed by atoms with E-state index in [2.05, 4.69) is 0 Å². The Kier molecular flexibility index (Phi) is 6.12. The zero-order chi connectivity index (χ0) is 16.9. The molecule has 0 N–H and O–H groups in total. The summed E-state index contributed by atoms with van der Waals surface area (Å²) in [4.78, 5) is 28.1. The van der Waals surface area contributed by atoms with Gasteiger partial charge in [0, 0.05) is 32.1 Å². The van der Waals surface area contributed by atoms with Gasteiger partial charge in [-0.3, -0.25) is 9.59 Å². The first-order valence-corrected chi connectivity index (χ1v) is 9.87. The molecule has 0 aromatic carbocycles. The molecule has 5 heteroatoms. The summed E-state index contributed by atoms with van der Waals surface area (Å²) in [5.74, 6) is 0.330. The maximum Gasteiger partial charge on any atom is 0.257 e. The molecule has 1 atom stereocenters. The lowest BCUT2D eigenvalue weighted by atomic mass is 9.85. The lowest BCUT2D eigenvalue weighted by molar-refractivity contribution is -0.141. The zero-order valence-electron chi connectivity index (χ0n) is 14.7. The van der Waals surface area contributed by atoms with Crippen molar-refractivity contribution in [3.8, 4) is 0 Å². The number of hydrogen-bond donors (Lipinski definition) is 0. The number of rotatable bonds is 4. The van der Waals surface area contributed by atoms with Crippen LogP contribution in [0.1, 0.15) is 70.6 Å². The van der Waals surface area contributed by atoms with Crippen LogP contribution in [0, 0.1) is 5.92 Å². The Bertz CT molecular complexity index is 443. The summed E-state index contributed by atoms with van der Waals surface area (Å²) in [6.07, 6.45) is 9.18. The largest absolute Gasteiger partial charge is 0.340 e. The predicted molar refractivity (Wildman–Crippen MR) is 91.3 cm³/mol. The number of likely N-dealkylation sites (tertiary alicyclic amines) is 2. The van der Waals surface area contributed by atoms with Gasteiger partial charge in [-0.2, -0.15) is 0 Å². The van der Waals surface area contributed by atoms with Crippen molar-refractivity contribution in [3.05, 3.63) is 0 Å². The monoisotopic (exact) mass is 338 g/mol. The molecule has 0 spiro atoms. The molecule has 3 rings (SSSR count). The summed E-state index contributed by atoms with van der Waals surface area (Å²) < 4.78 is 14.4. The average molecular weight is 338 g/mol. The Morgan fingerprint density at radius 1 is 1.00 bits per heavy atom. The van der Waals surface area contributed by atoms with Crippen molar-refractivity contribution < 1.29 is 14.0 Å².